The molecule has 3 aromatic rings. The molecule has 9 nitrogen and oxygen atoms in total. The summed E-state index contributed by atoms with van der Waals surface area (Å²) in [5.74, 6) is -0.0990. The number of ether oxygens (including phenoxy) is 1. The highest BCUT2D eigenvalue weighted by atomic mass is 35.5. The van der Waals surface area contributed by atoms with Gasteiger partial charge in [-0.3, -0.25) is 15.0 Å². The van der Waals surface area contributed by atoms with Crippen molar-refractivity contribution < 1.29 is 18.7 Å². The van der Waals surface area contributed by atoms with Crippen LogP contribution in [0.2, 0.25) is 5.02 Å². The van der Waals surface area contributed by atoms with E-state index in [0.717, 1.165) is 19.4 Å². The van der Waals surface area contributed by atoms with Gasteiger partial charge < -0.3 is 15.0 Å². The lowest BCUT2D eigenvalue weighted by Crippen LogP contribution is -2.41. The monoisotopic (exact) mass is 562 g/mol. The van der Waals surface area contributed by atoms with E-state index in [0.29, 0.717) is 51.5 Å². The molecule has 0 saturated carbocycles. The Balaban J connectivity index is 1.28. The molecule has 0 bridgehead atoms. The maximum atomic E-state index is 14.3. The summed E-state index contributed by atoms with van der Waals surface area (Å²) in [5.41, 5.74) is 0.462. The average molecular weight is 563 g/mol. The fourth-order valence-electron chi connectivity index (χ4n) is 4.28. The third-order valence-electron chi connectivity index (χ3n) is 6.03. The van der Waals surface area contributed by atoms with Crippen LogP contribution in [0.5, 0.6) is 0 Å². The van der Waals surface area contributed by atoms with Crippen molar-refractivity contribution in [1.29, 1.82) is 0 Å². The lowest BCUT2D eigenvalue weighted by Gasteiger charge is -2.27. The van der Waals surface area contributed by atoms with Gasteiger partial charge in [0.2, 0.25) is 0 Å². The first-order valence-electron chi connectivity index (χ1n) is 12.5. The summed E-state index contributed by atoms with van der Waals surface area (Å²) in [6.45, 7) is 7.60. The maximum absolute atomic E-state index is 14.3. The summed E-state index contributed by atoms with van der Waals surface area (Å²) in [5, 5.41) is 6.32. The van der Waals surface area contributed by atoms with Crippen LogP contribution < -0.4 is 15.5 Å². The number of amides is 2. The van der Waals surface area contributed by atoms with Crippen molar-refractivity contribution in [3.63, 3.8) is 0 Å². The van der Waals surface area contributed by atoms with E-state index in [1.807, 2.05) is 20.8 Å². The van der Waals surface area contributed by atoms with Crippen LogP contribution in [0.15, 0.2) is 30.3 Å². The molecule has 0 aliphatic carbocycles. The molecule has 4 rings (SSSR count). The van der Waals surface area contributed by atoms with Crippen molar-refractivity contribution in [2.45, 2.75) is 51.7 Å². The fourth-order valence-corrected chi connectivity index (χ4v) is 5.27. The van der Waals surface area contributed by atoms with Crippen molar-refractivity contribution in [2.24, 2.45) is 0 Å². The summed E-state index contributed by atoms with van der Waals surface area (Å²) >= 11 is 7.09. The number of fused-ring (bicyclic) bond motifs is 1. The Bertz CT molecular complexity index is 1310. The second-order valence-electron chi connectivity index (χ2n) is 10.1. The van der Waals surface area contributed by atoms with Crippen LogP contribution in [-0.4, -0.2) is 65.2 Å². The number of carbonyl (C=O) groups excluding carboxylic acids is 2. The highest BCUT2D eigenvalue weighted by Gasteiger charge is 2.33. The number of hydrogen-bond donors (Lipinski definition) is 2. The number of pyridine rings is 1. The van der Waals surface area contributed by atoms with Gasteiger partial charge in [-0.25, -0.2) is 19.2 Å². The molecule has 2 aromatic heterocycles. The minimum atomic E-state index is -0.507. The molecule has 1 aliphatic rings. The first kappa shape index (κ1) is 28.0. The summed E-state index contributed by atoms with van der Waals surface area (Å²) in [4.78, 5) is 38.2. The summed E-state index contributed by atoms with van der Waals surface area (Å²) in [7, 11) is 1.71. The topological polar surface area (TPSA) is 99.7 Å². The van der Waals surface area contributed by atoms with E-state index in [-0.39, 0.29) is 18.0 Å². The second kappa shape index (κ2) is 11.8. The predicted molar refractivity (Wildman–Crippen MR) is 149 cm³/mol. The second-order valence-corrected chi connectivity index (χ2v) is 11.5. The number of nitrogens with one attached hydrogen (secondary N) is 2. The molecule has 1 fully saturated rings. The van der Waals surface area contributed by atoms with Gasteiger partial charge in [0.15, 0.2) is 5.13 Å². The Morgan fingerprint density at radius 1 is 1.26 bits per heavy atom. The molecule has 1 saturated heterocycles. The molecule has 1 aliphatic heterocycles. The first-order valence-corrected chi connectivity index (χ1v) is 13.7. The number of halogens is 2. The number of aromatic nitrogens is 2. The third-order valence-corrected chi connectivity index (χ3v) is 7.14. The Morgan fingerprint density at radius 3 is 2.79 bits per heavy atom. The zero-order valence-corrected chi connectivity index (χ0v) is 23.5. The highest BCUT2D eigenvalue weighted by Crippen LogP contribution is 2.31. The molecule has 2 amide bonds. The Kier molecular flexibility index (Phi) is 8.69. The zero-order chi connectivity index (χ0) is 27.4. The van der Waals surface area contributed by atoms with Gasteiger partial charge >= 0.3 is 12.0 Å². The van der Waals surface area contributed by atoms with Crippen molar-refractivity contribution in [3.8, 4) is 0 Å². The van der Waals surface area contributed by atoms with Crippen LogP contribution in [0.4, 0.5) is 25.8 Å². The normalized spacial score (nSPS) is 16.0. The van der Waals surface area contributed by atoms with E-state index in [9.17, 15) is 14.0 Å². The number of anilines is 3. The van der Waals surface area contributed by atoms with Gasteiger partial charge in [-0.2, -0.15) is 0 Å². The molecule has 1 aromatic carbocycles. The SMILES string of the molecule is CN(c1ccc2nc(NC(=O)NCCCN3CCC[C@@H]3C(=O)OC(C)(C)C)sc2n1)c1ccc(Cl)cc1F. The van der Waals surface area contributed by atoms with Gasteiger partial charge in [-0.15, -0.1) is 0 Å². The Hall–Kier alpha value is -3.02. The average Bonchev–Trinajstić information content (AvgIpc) is 3.46. The first-order chi connectivity index (χ1) is 18.0. The molecule has 2 N–H and O–H groups in total. The smallest absolute Gasteiger partial charge is 0.323 e. The van der Waals surface area contributed by atoms with Crippen molar-refractivity contribution in [1.82, 2.24) is 20.2 Å². The molecule has 0 radical (unpaired) electrons. The maximum Gasteiger partial charge on any atom is 0.323 e. The third kappa shape index (κ3) is 7.09. The molecular formula is C26H32ClFN6O3S. The van der Waals surface area contributed by atoms with E-state index in [4.69, 9.17) is 16.3 Å². The molecule has 0 spiro atoms. The van der Waals surface area contributed by atoms with Gasteiger partial charge in [0.25, 0.3) is 0 Å². The summed E-state index contributed by atoms with van der Waals surface area (Å²) in [6, 6.07) is 7.39. The van der Waals surface area contributed by atoms with Gasteiger partial charge in [0, 0.05) is 25.2 Å². The summed E-state index contributed by atoms with van der Waals surface area (Å²) < 4.78 is 19.9. The van der Waals surface area contributed by atoms with Crippen LogP contribution in [0.1, 0.15) is 40.0 Å². The Morgan fingerprint density at radius 2 is 2.05 bits per heavy atom. The lowest BCUT2D eigenvalue weighted by molar-refractivity contribution is -0.160. The number of benzene rings is 1. The van der Waals surface area contributed by atoms with Crippen LogP contribution >= 0.6 is 22.9 Å². The minimum absolute atomic E-state index is 0.183. The molecule has 38 heavy (non-hydrogen) atoms. The molecule has 1 atom stereocenters. The van der Waals surface area contributed by atoms with Crippen LogP contribution in [0, 0.1) is 5.82 Å². The van der Waals surface area contributed by atoms with E-state index in [2.05, 4.69) is 25.5 Å². The highest BCUT2D eigenvalue weighted by molar-refractivity contribution is 7.22. The van der Waals surface area contributed by atoms with Crippen molar-refractivity contribution in [2.75, 3.05) is 36.9 Å². The number of urea groups is 1. The molecule has 204 valence electrons. The number of nitrogens with zero attached hydrogens (tertiary/aromatic N) is 4. The fraction of sp³-hybridized carbons (Fsp3) is 0.462. The van der Waals surface area contributed by atoms with Gasteiger partial charge in [-0.05, 0) is 76.9 Å². The number of esters is 1. The lowest BCUT2D eigenvalue weighted by atomic mass is 10.1. The van der Waals surface area contributed by atoms with Crippen LogP contribution in [0.25, 0.3) is 10.3 Å². The largest absolute Gasteiger partial charge is 0.459 e. The van der Waals surface area contributed by atoms with Crippen LogP contribution in [-0.2, 0) is 9.53 Å². The predicted octanol–water partition coefficient (Wildman–Crippen LogP) is 5.57. The quantitative estimate of drug-likeness (QED) is 0.273. The molecule has 3 heterocycles. The summed E-state index contributed by atoms with van der Waals surface area (Å²) in [6.07, 6.45) is 2.45. The standard InChI is InChI=1S/C26H32ClFN6O3S/c1-26(2,3)37-23(35)20-7-5-13-34(20)14-6-12-29-24(36)32-25-30-18-9-11-21(31-22(18)38-25)33(4)19-10-8-16(27)15-17(19)28/h8-11,15,20H,5-7,12-14H2,1-4H3,(H2,29,30,32,36)/t20-/m1/s1. The van der Waals surface area contributed by atoms with Crippen molar-refractivity contribution in [3.05, 3.63) is 41.2 Å². The number of hydrogen-bond acceptors (Lipinski definition) is 8. The van der Waals surface area contributed by atoms with E-state index in [1.54, 1.807) is 36.2 Å². The Labute approximate surface area is 230 Å². The number of likely N-dealkylation sites (tertiary alicyclic amines) is 1. The van der Waals surface area contributed by atoms with E-state index in [1.165, 1.54) is 17.4 Å². The van der Waals surface area contributed by atoms with Crippen molar-refractivity contribution >= 4 is 61.9 Å². The van der Waals surface area contributed by atoms with E-state index >= 15 is 0 Å². The number of thiazole rings is 1. The van der Waals surface area contributed by atoms with Crippen LogP contribution in [0.3, 0.4) is 0 Å². The van der Waals surface area contributed by atoms with Gasteiger partial charge in [0.05, 0.1) is 5.69 Å². The number of carbonyl (C=O) groups is 2. The molecule has 12 heteroatoms. The van der Waals surface area contributed by atoms with Gasteiger partial charge in [-0.1, -0.05) is 22.9 Å². The minimum Gasteiger partial charge on any atom is -0.459 e. The number of rotatable bonds is 8. The molecular weight excluding hydrogens is 531 g/mol. The molecule has 0 unspecified atom stereocenters. The van der Waals surface area contributed by atoms with Gasteiger partial charge in [0.1, 0.15) is 33.6 Å². The van der Waals surface area contributed by atoms with E-state index < -0.39 is 11.4 Å². The zero-order valence-electron chi connectivity index (χ0n) is 21.9.